The molecule has 2 N–H and O–H groups in total. The van der Waals surface area contributed by atoms with Gasteiger partial charge in [0.2, 0.25) is 11.7 Å². The summed E-state index contributed by atoms with van der Waals surface area (Å²) < 4.78 is 10.1. The zero-order valence-electron chi connectivity index (χ0n) is 17.2. The second-order valence-corrected chi connectivity index (χ2v) is 6.94. The normalized spacial score (nSPS) is 17.9. The van der Waals surface area contributed by atoms with Gasteiger partial charge in [-0.25, -0.2) is 0 Å². The Labute approximate surface area is 174 Å². The maximum absolute atomic E-state index is 13.0. The van der Waals surface area contributed by atoms with Crippen LogP contribution in [0, 0.1) is 0 Å². The van der Waals surface area contributed by atoms with Gasteiger partial charge in [0.1, 0.15) is 5.54 Å². The van der Waals surface area contributed by atoms with Crippen LogP contribution in [0.25, 0.3) is 0 Å². The van der Waals surface area contributed by atoms with Crippen molar-refractivity contribution >= 4 is 24.0 Å². The van der Waals surface area contributed by atoms with E-state index in [4.69, 9.17) is 19.2 Å². The monoisotopic (exact) mass is 418 g/mol. The second kappa shape index (κ2) is 10.3. The van der Waals surface area contributed by atoms with E-state index in [1.54, 1.807) is 23.9 Å². The van der Waals surface area contributed by atoms with Crippen molar-refractivity contribution in [1.82, 2.24) is 15.0 Å². The van der Waals surface area contributed by atoms with E-state index in [0.29, 0.717) is 19.4 Å². The van der Waals surface area contributed by atoms with Crippen LogP contribution in [-0.2, 0) is 9.59 Å². The highest BCUT2D eigenvalue weighted by Gasteiger charge is 2.45. The van der Waals surface area contributed by atoms with Gasteiger partial charge in [-0.15, -0.1) is 0 Å². The summed E-state index contributed by atoms with van der Waals surface area (Å²) in [7, 11) is 4.90. The number of aromatic nitrogens is 1. The summed E-state index contributed by atoms with van der Waals surface area (Å²) >= 11 is 0. The molecule has 2 heterocycles. The average molecular weight is 418 g/mol. The molecule has 162 valence electrons. The fraction of sp³-hybridized carbons (Fsp3) is 0.400. The molecule has 0 saturated carbocycles. The minimum absolute atomic E-state index is 0.0704. The van der Waals surface area contributed by atoms with Crippen LogP contribution < -0.4 is 10.1 Å². The summed E-state index contributed by atoms with van der Waals surface area (Å²) in [6.45, 7) is 0.529. The summed E-state index contributed by atoms with van der Waals surface area (Å²) in [4.78, 5) is 37.4. The Morgan fingerprint density at radius 2 is 2.00 bits per heavy atom. The number of para-hydroxylation sites is 1. The smallest absolute Gasteiger partial charge is 0.292 e. The first-order chi connectivity index (χ1) is 14.4. The SMILES string of the molecule is COc1cc(C(=O)N2CCCC(Nc3ccccc3)(C(=O)N(C)C)C2)on1.O=CO. The number of amides is 2. The van der Waals surface area contributed by atoms with Gasteiger partial charge in [-0.05, 0) is 30.1 Å². The number of benzene rings is 1. The van der Waals surface area contributed by atoms with Gasteiger partial charge in [-0.3, -0.25) is 14.4 Å². The van der Waals surface area contributed by atoms with E-state index in [-0.39, 0.29) is 36.5 Å². The molecular formula is C20H26N4O6. The summed E-state index contributed by atoms with van der Waals surface area (Å²) in [5.41, 5.74) is -0.0635. The number of carbonyl (C=O) groups excluding carboxylic acids is 2. The first-order valence-corrected chi connectivity index (χ1v) is 9.29. The van der Waals surface area contributed by atoms with Crippen LogP contribution in [-0.4, -0.2) is 78.2 Å². The molecule has 10 heteroatoms. The number of likely N-dealkylation sites (tertiary alicyclic amines) is 1. The fourth-order valence-electron chi connectivity index (χ4n) is 3.40. The number of rotatable bonds is 5. The second-order valence-electron chi connectivity index (χ2n) is 6.94. The zero-order chi connectivity index (χ0) is 22.1. The number of carboxylic acid groups (broad SMARTS) is 1. The molecule has 1 atom stereocenters. The quantitative estimate of drug-likeness (QED) is 0.701. The van der Waals surface area contributed by atoms with Gasteiger partial charge < -0.3 is 29.5 Å². The van der Waals surface area contributed by atoms with E-state index in [1.165, 1.54) is 13.2 Å². The highest BCUT2D eigenvalue weighted by atomic mass is 16.5. The van der Waals surface area contributed by atoms with Crippen LogP contribution in [0.2, 0.25) is 0 Å². The molecule has 0 bridgehead atoms. The van der Waals surface area contributed by atoms with Gasteiger partial charge in [-0.2, -0.15) is 0 Å². The number of hydrogen-bond donors (Lipinski definition) is 2. The molecule has 1 aliphatic rings. The zero-order valence-corrected chi connectivity index (χ0v) is 17.2. The highest BCUT2D eigenvalue weighted by molar-refractivity contribution is 5.94. The minimum Gasteiger partial charge on any atom is -0.483 e. The molecule has 30 heavy (non-hydrogen) atoms. The Balaban J connectivity index is 0.00000101. The minimum atomic E-state index is -0.900. The van der Waals surface area contributed by atoms with Gasteiger partial charge >= 0.3 is 0 Å². The Morgan fingerprint density at radius 1 is 1.33 bits per heavy atom. The topological polar surface area (TPSA) is 125 Å². The first-order valence-electron chi connectivity index (χ1n) is 9.29. The number of ether oxygens (including phenoxy) is 1. The molecule has 1 aromatic carbocycles. The predicted octanol–water partition coefficient (Wildman–Crippen LogP) is 1.56. The fourth-order valence-corrected chi connectivity index (χ4v) is 3.40. The number of methoxy groups -OCH3 is 1. The van der Waals surface area contributed by atoms with Crippen molar-refractivity contribution in [1.29, 1.82) is 0 Å². The van der Waals surface area contributed by atoms with Crippen LogP contribution in [0.3, 0.4) is 0 Å². The number of likely N-dealkylation sites (N-methyl/N-ethyl adjacent to an activating group) is 1. The van der Waals surface area contributed by atoms with E-state index < -0.39 is 5.54 Å². The van der Waals surface area contributed by atoms with E-state index >= 15 is 0 Å². The van der Waals surface area contributed by atoms with Crippen molar-refractivity contribution < 1.29 is 28.8 Å². The summed E-state index contributed by atoms with van der Waals surface area (Å²) in [5, 5.41) is 13.9. The van der Waals surface area contributed by atoms with Crippen molar-refractivity contribution in [3.8, 4) is 5.88 Å². The third-order valence-corrected chi connectivity index (χ3v) is 4.66. The Kier molecular flexibility index (Phi) is 7.79. The molecule has 1 aromatic heterocycles. The molecule has 1 unspecified atom stereocenters. The number of nitrogens with one attached hydrogen (secondary N) is 1. The third-order valence-electron chi connectivity index (χ3n) is 4.66. The van der Waals surface area contributed by atoms with E-state index in [0.717, 1.165) is 5.69 Å². The lowest BCUT2D eigenvalue weighted by Gasteiger charge is -2.43. The molecule has 1 saturated heterocycles. The van der Waals surface area contributed by atoms with Gasteiger partial charge in [0, 0.05) is 26.3 Å². The van der Waals surface area contributed by atoms with E-state index in [2.05, 4.69) is 10.5 Å². The standard InChI is InChI=1S/C19H24N4O4.CH2O2/c1-22(2)18(25)19(20-14-8-5-4-6-9-14)10-7-11-23(13-19)17(24)15-12-16(26-3)21-27-15;2-1-3/h4-6,8-9,12,20H,7,10-11,13H2,1-3H3;1H,(H,2,3). The predicted molar refractivity (Wildman–Crippen MR) is 108 cm³/mol. The largest absolute Gasteiger partial charge is 0.483 e. The van der Waals surface area contributed by atoms with Gasteiger partial charge in [0.15, 0.2) is 0 Å². The van der Waals surface area contributed by atoms with Crippen molar-refractivity contribution in [3.05, 3.63) is 42.2 Å². The molecule has 1 fully saturated rings. The number of nitrogens with zero attached hydrogens (tertiary/aromatic N) is 3. The van der Waals surface area contributed by atoms with E-state index in [1.807, 2.05) is 30.3 Å². The number of anilines is 1. The maximum Gasteiger partial charge on any atom is 0.292 e. The van der Waals surface area contributed by atoms with Crippen LogP contribution in [0.1, 0.15) is 23.4 Å². The summed E-state index contributed by atoms with van der Waals surface area (Å²) in [6.07, 6.45) is 1.32. The molecule has 2 aromatic rings. The third kappa shape index (κ3) is 5.28. The van der Waals surface area contributed by atoms with Crippen molar-refractivity contribution in [3.63, 3.8) is 0 Å². The van der Waals surface area contributed by atoms with Gasteiger partial charge in [0.05, 0.1) is 19.7 Å². The molecule has 10 nitrogen and oxygen atoms in total. The van der Waals surface area contributed by atoms with Gasteiger partial charge in [-0.1, -0.05) is 18.2 Å². The highest BCUT2D eigenvalue weighted by Crippen LogP contribution is 2.29. The number of carbonyl (C=O) groups is 3. The lowest BCUT2D eigenvalue weighted by Crippen LogP contribution is -2.62. The number of piperidine rings is 1. The lowest BCUT2D eigenvalue weighted by atomic mass is 9.86. The molecule has 0 spiro atoms. The van der Waals surface area contributed by atoms with Gasteiger partial charge in [0.25, 0.3) is 18.3 Å². The molecule has 2 amide bonds. The van der Waals surface area contributed by atoms with E-state index in [9.17, 15) is 9.59 Å². The maximum atomic E-state index is 13.0. The summed E-state index contributed by atoms with van der Waals surface area (Å²) in [5.74, 6) is -0.0386. The van der Waals surface area contributed by atoms with Crippen LogP contribution >= 0.6 is 0 Å². The van der Waals surface area contributed by atoms with Crippen molar-refractivity contribution in [2.45, 2.75) is 18.4 Å². The van der Waals surface area contributed by atoms with Crippen LogP contribution in [0.5, 0.6) is 5.88 Å². The Hall–Kier alpha value is -3.56. The Bertz CT molecular complexity index is 854. The Morgan fingerprint density at radius 3 is 2.57 bits per heavy atom. The average Bonchev–Trinajstić information content (AvgIpc) is 3.23. The van der Waals surface area contributed by atoms with Crippen LogP contribution in [0.15, 0.2) is 40.9 Å². The molecule has 0 aliphatic carbocycles. The number of hydrogen-bond acceptors (Lipinski definition) is 7. The van der Waals surface area contributed by atoms with Crippen molar-refractivity contribution in [2.24, 2.45) is 0 Å². The summed E-state index contributed by atoms with van der Waals surface area (Å²) in [6, 6.07) is 11.0. The molecular weight excluding hydrogens is 392 g/mol. The first kappa shape index (κ1) is 22.7. The molecule has 1 aliphatic heterocycles. The lowest BCUT2D eigenvalue weighted by molar-refractivity contribution is -0.135. The molecule has 0 radical (unpaired) electrons. The van der Waals surface area contributed by atoms with Crippen molar-refractivity contribution in [2.75, 3.05) is 39.6 Å². The molecule has 3 rings (SSSR count). The van der Waals surface area contributed by atoms with Crippen LogP contribution in [0.4, 0.5) is 5.69 Å².